The summed E-state index contributed by atoms with van der Waals surface area (Å²) in [6.07, 6.45) is -3.43. The van der Waals surface area contributed by atoms with Gasteiger partial charge in [-0.3, -0.25) is 9.59 Å². The first-order chi connectivity index (χ1) is 16.7. The van der Waals surface area contributed by atoms with Crippen LogP contribution in [0.3, 0.4) is 0 Å². The van der Waals surface area contributed by atoms with Gasteiger partial charge in [0.05, 0.1) is 14.2 Å². The molecule has 182 valence electrons. The molecule has 3 aromatic rings. The summed E-state index contributed by atoms with van der Waals surface area (Å²) in [4.78, 5) is 25.8. The van der Waals surface area contributed by atoms with Gasteiger partial charge in [-0.05, 0) is 60.7 Å². The van der Waals surface area contributed by atoms with Gasteiger partial charge in [-0.25, -0.2) is 0 Å². The van der Waals surface area contributed by atoms with E-state index >= 15 is 0 Å². The summed E-state index contributed by atoms with van der Waals surface area (Å²) >= 11 is 0. The molecule has 0 fully saturated rings. The quantitative estimate of drug-likeness (QED) is 0.437. The highest BCUT2D eigenvalue weighted by Gasteiger charge is 2.31. The van der Waals surface area contributed by atoms with Crippen molar-refractivity contribution in [3.8, 4) is 17.2 Å². The monoisotopic (exact) mass is 486 g/mol. The highest BCUT2D eigenvalue weighted by atomic mass is 19.4. The fourth-order valence-electron chi connectivity index (χ4n) is 2.99. The number of rotatable bonds is 8. The number of carbonyl (C=O) groups excluding carboxylic acids is 2. The molecule has 0 aliphatic rings. The Balaban J connectivity index is 1.91. The molecule has 35 heavy (non-hydrogen) atoms. The molecule has 0 bridgehead atoms. The Morgan fingerprint density at radius 2 is 1.51 bits per heavy atom. The van der Waals surface area contributed by atoms with E-state index in [4.69, 9.17) is 9.47 Å². The second-order valence-electron chi connectivity index (χ2n) is 7.01. The van der Waals surface area contributed by atoms with Gasteiger partial charge < -0.3 is 24.8 Å². The van der Waals surface area contributed by atoms with E-state index in [1.54, 1.807) is 48.5 Å². The van der Waals surface area contributed by atoms with Crippen LogP contribution in [-0.4, -0.2) is 32.4 Å². The summed E-state index contributed by atoms with van der Waals surface area (Å²) in [5, 5.41) is 5.12. The number of methoxy groups -OCH3 is 2. The zero-order valence-corrected chi connectivity index (χ0v) is 18.7. The van der Waals surface area contributed by atoms with Gasteiger partial charge in [0.2, 0.25) is 0 Å². The molecule has 0 radical (unpaired) electrons. The summed E-state index contributed by atoms with van der Waals surface area (Å²) in [6.45, 7) is 0. The number of benzene rings is 3. The largest absolute Gasteiger partial charge is 0.573 e. The van der Waals surface area contributed by atoms with Crippen molar-refractivity contribution >= 4 is 23.6 Å². The predicted octanol–water partition coefficient (Wildman–Crippen LogP) is 5.01. The number of halogens is 3. The van der Waals surface area contributed by atoms with Gasteiger partial charge in [-0.2, -0.15) is 0 Å². The Morgan fingerprint density at radius 3 is 2.11 bits per heavy atom. The van der Waals surface area contributed by atoms with E-state index in [-0.39, 0.29) is 11.4 Å². The normalized spacial score (nSPS) is 11.4. The Hall–Kier alpha value is -4.47. The van der Waals surface area contributed by atoms with Crippen LogP contribution in [0.15, 0.2) is 78.5 Å². The summed E-state index contributed by atoms with van der Waals surface area (Å²) in [6, 6.07) is 17.8. The van der Waals surface area contributed by atoms with E-state index in [0.29, 0.717) is 22.6 Å². The lowest BCUT2D eigenvalue weighted by Gasteiger charge is -2.14. The standard InChI is InChI=1S/C25H21F3N2O5/c1-33-20-12-13-22(34-2)17(14-20)15-21(30-23(31)16-6-4-3-5-7-16)24(32)29-18-8-10-19(11-9-18)35-25(26,27)28/h3-15H,1-2H3,(H,29,32)(H,30,31). The number of nitrogens with one attached hydrogen (secondary N) is 2. The second kappa shape index (κ2) is 11.1. The molecular formula is C25H21F3N2O5. The lowest BCUT2D eigenvalue weighted by molar-refractivity contribution is -0.274. The molecule has 2 amide bonds. The number of anilines is 1. The van der Waals surface area contributed by atoms with Crippen LogP contribution in [0.2, 0.25) is 0 Å². The maximum Gasteiger partial charge on any atom is 0.573 e. The topological polar surface area (TPSA) is 85.9 Å². The molecule has 0 spiro atoms. The van der Waals surface area contributed by atoms with Crippen molar-refractivity contribution in [1.82, 2.24) is 5.32 Å². The molecule has 0 heterocycles. The van der Waals surface area contributed by atoms with Crippen molar-refractivity contribution in [3.05, 3.63) is 89.6 Å². The number of alkyl halides is 3. The van der Waals surface area contributed by atoms with Crippen LogP contribution in [0, 0.1) is 0 Å². The second-order valence-corrected chi connectivity index (χ2v) is 7.01. The van der Waals surface area contributed by atoms with E-state index in [9.17, 15) is 22.8 Å². The third kappa shape index (κ3) is 7.26. The van der Waals surface area contributed by atoms with E-state index in [1.165, 1.54) is 32.4 Å². The minimum Gasteiger partial charge on any atom is -0.497 e. The summed E-state index contributed by atoms with van der Waals surface area (Å²) in [7, 11) is 2.93. The number of hydrogen-bond acceptors (Lipinski definition) is 5. The van der Waals surface area contributed by atoms with E-state index in [2.05, 4.69) is 15.4 Å². The Morgan fingerprint density at radius 1 is 0.857 bits per heavy atom. The van der Waals surface area contributed by atoms with Gasteiger partial charge in [-0.1, -0.05) is 18.2 Å². The van der Waals surface area contributed by atoms with E-state index < -0.39 is 23.9 Å². The van der Waals surface area contributed by atoms with Crippen molar-refractivity contribution in [2.75, 3.05) is 19.5 Å². The molecule has 0 saturated heterocycles. The molecule has 0 aromatic heterocycles. The zero-order chi connectivity index (χ0) is 25.4. The van der Waals surface area contributed by atoms with Crippen LogP contribution in [-0.2, 0) is 4.79 Å². The summed E-state index contributed by atoms with van der Waals surface area (Å²) in [5.41, 5.74) is 0.805. The molecule has 3 rings (SSSR count). The lowest BCUT2D eigenvalue weighted by atomic mass is 10.1. The molecular weight excluding hydrogens is 465 g/mol. The molecule has 0 aliphatic carbocycles. The Kier molecular flexibility index (Phi) is 7.98. The van der Waals surface area contributed by atoms with Crippen LogP contribution >= 0.6 is 0 Å². The van der Waals surface area contributed by atoms with Crippen molar-refractivity contribution in [2.45, 2.75) is 6.36 Å². The summed E-state index contributed by atoms with van der Waals surface area (Å²) in [5.74, 6) is -0.790. The Bertz CT molecular complexity index is 1210. The van der Waals surface area contributed by atoms with Crippen LogP contribution in [0.5, 0.6) is 17.2 Å². The maximum absolute atomic E-state index is 13.1. The third-order valence-electron chi connectivity index (χ3n) is 4.61. The van der Waals surface area contributed by atoms with Crippen molar-refractivity contribution < 1.29 is 37.0 Å². The van der Waals surface area contributed by atoms with Gasteiger partial charge in [0, 0.05) is 16.8 Å². The fraction of sp³-hybridized carbons (Fsp3) is 0.120. The van der Waals surface area contributed by atoms with Crippen molar-refractivity contribution in [3.63, 3.8) is 0 Å². The predicted molar refractivity (Wildman–Crippen MR) is 123 cm³/mol. The molecule has 2 N–H and O–H groups in total. The zero-order valence-electron chi connectivity index (χ0n) is 18.7. The van der Waals surface area contributed by atoms with Gasteiger partial charge >= 0.3 is 6.36 Å². The SMILES string of the molecule is COc1ccc(OC)c(C=C(NC(=O)c2ccccc2)C(=O)Nc2ccc(OC(F)(F)F)cc2)c1. The smallest absolute Gasteiger partial charge is 0.497 e. The van der Waals surface area contributed by atoms with Crippen molar-refractivity contribution in [2.24, 2.45) is 0 Å². The van der Waals surface area contributed by atoms with E-state index in [0.717, 1.165) is 12.1 Å². The molecule has 0 saturated carbocycles. The lowest BCUT2D eigenvalue weighted by Crippen LogP contribution is -2.30. The van der Waals surface area contributed by atoms with Gasteiger partial charge in [0.1, 0.15) is 22.9 Å². The number of ether oxygens (including phenoxy) is 3. The molecule has 0 aliphatic heterocycles. The molecule has 0 unspecified atom stereocenters. The Labute approximate surface area is 199 Å². The molecule has 7 nitrogen and oxygen atoms in total. The van der Waals surface area contributed by atoms with Crippen LogP contribution < -0.4 is 24.8 Å². The first-order valence-corrected chi connectivity index (χ1v) is 10.2. The third-order valence-corrected chi connectivity index (χ3v) is 4.61. The average molecular weight is 486 g/mol. The van der Waals surface area contributed by atoms with Gasteiger partial charge in [0.15, 0.2) is 0 Å². The first kappa shape index (κ1) is 25.2. The summed E-state index contributed by atoms with van der Waals surface area (Å²) < 4.78 is 51.5. The molecule has 3 aromatic carbocycles. The fourth-order valence-corrected chi connectivity index (χ4v) is 2.99. The van der Waals surface area contributed by atoms with Crippen LogP contribution in [0.1, 0.15) is 15.9 Å². The highest BCUT2D eigenvalue weighted by Crippen LogP contribution is 2.27. The van der Waals surface area contributed by atoms with Crippen LogP contribution in [0.4, 0.5) is 18.9 Å². The van der Waals surface area contributed by atoms with Gasteiger partial charge in [0.25, 0.3) is 11.8 Å². The van der Waals surface area contributed by atoms with Crippen molar-refractivity contribution in [1.29, 1.82) is 0 Å². The molecule has 0 atom stereocenters. The number of carbonyl (C=O) groups is 2. The molecule has 10 heteroatoms. The van der Waals surface area contributed by atoms with E-state index in [1.807, 2.05) is 0 Å². The van der Waals surface area contributed by atoms with Crippen LogP contribution in [0.25, 0.3) is 6.08 Å². The minimum atomic E-state index is -4.84. The highest BCUT2D eigenvalue weighted by molar-refractivity contribution is 6.10. The number of amides is 2. The minimum absolute atomic E-state index is 0.138. The average Bonchev–Trinajstić information content (AvgIpc) is 2.84. The maximum atomic E-state index is 13.1. The number of hydrogen-bond donors (Lipinski definition) is 2. The van der Waals surface area contributed by atoms with Gasteiger partial charge in [-0.15, -0.1) is 13.2 Å². The first-order valence-electron chi connectivity index (χ1n) is 10.2.